The van der Waals surface area contributed by atoms with E-state index >= 15 is 0 Å². The highest BCUT2D eigenvalue weighted by Gasteiger charge is 2.15. The number of benzene rings is 1. The standard InChI is InChI=1S/C17H24N4/c18-7-11-20-9-3-10-21(13-12-20)14-16-5-1-4-15-6-2-8-19-17(15)16/h1-2,4-6,8H,3,7,9-14,18H2. The third-order valence-corrected chi connectivity index (χ3v) is 4.24. The normalized spacial score (nSPS) is 18.0. The molecule has 1 aromatic heterocycles. The van der Waals surface area contributed by atoms with Gasteiger partial charge in [-0.1, -0.05) is 24.3 Å². The number of hydrogen-bond acceptors (Lipinski definition) is 4. The molecule has 2 heterocycles. The van der Waals surface area contributed by atoms with Crippen molar-refractivity contribution in [1.29, 1.82) is 0 Å². The Morgan fingerprint density at radius 1 is 1.00 bits per heavy atom. The van der Waals surface area contributed by atoms with Crippen LogP contribution in [0.2, 0.25) is 0 Å². The summed E-state index contributed by atoms with van der Waals surface area (Å²) in [6.07, 6.45) is 3.11. The second-order valence-electron chi connectivity index (χ2n) is 5.75. The number of para-hydroxylation sites is 1. The lowest BCUT2D eigenvalue weighted by molar-refractivity contribution is 0.255. The number of nitrogens with two attached hydrogens (primary N) is 1. The van der Waals surface area contributed by atoms with E-state index in [9.17, 15) is 0 Å². The largest absolute Gasteiger partial charge is 0.329 e. The van der Waals surface area contributed by atoms with E-state index < -0.39 is 0 Å². The van der Waals surface area contributed by atoms with Crippen LogP contribution in [0.4, 0.5) is 0 Å². The lowest BCUT2D eigenvalue weighted by atomic mass is 10.1. The van der Waals surface area contributed by atoms with E-state index in [1.807, 2.05) is 12.3 Å². The molecule has 0 spiro atoms. The van der Waals surface area contributed by atoms with Crippen molar-refractivity contribution in [2.45, 2.75) is 13.0 Å². The lowest BCUT2D eigenvalue weighted by Crippen LogP contribution is -2.33. The Hall–Kier alpha value is -1.49. The smallest absolute Gasteiger partial charge is 0.0746 e. The Bertz CT molecular complexity index is 579. The van der Waals surface area contributed by atoms with Crippen molar-refractivity contribution in [2.75, 3.05) is 39.3 Å². The summed E-state index contributed by atoms with van der Waals surface area (Å²) in [4.78, 5) is 9.58. The first-order chi connectivity index (χ1) is 10.4. The Morgan fingerprint density at radius 2 is 1.81 bits per heavy atom. The molecule has 1 saturated heterocycles. The van der Waals surface area contributed by atoms with Gasteiger partial charge in [-0.15, -0.1) is 0 Å². The number of nitrogens with zero attached hydrogens (tertiary/aromatic N) is 3. The first-order valence-electron chi connectivity index (χ1n) is 7.84. The number of hydrogen-bond donors (Lipinski definition) is 1. The summed E-state index contributed by atoms with van der Waals surface area (Å²) in [6.45, 7) is 7.33. The van der Waals surface area contributed by atoms with E-state index in [-0.39, 0.29) is 0 Å². The average Bonchev–Trinajstić information content (AvgIpc) is 2.74. The predicted molar refractivity (Wildman–Crippen MR) is 87.1 cm³/mol. The quantitative estimate of drug-likeness (QED) is 0.928. The highest BCUT2D eigenvalue weighted by atomic mass is 15.2. The van der Waals surface area contributed by atoms with E-state index in [0.717, 1.165) is 44.8 Å². The second-order valence-corrected chi connectivity index (χ2v) is 5.75. The van der Waals surface area contributed by atoms with Gasteiger partial charge in [-0.3, -0.25) is 9.88 Å². The molecule has 1 aliphatic rings. The molecule has 0 atom stereocenters. The average molecular weight is 284 g/mol. The molecule has 0 radical (unpaired) electrons. The molecule has 3 rings (SSSR count). The molecular formula is C17H24N4. The summed E-state index contributed by atoms with van der Waals surface area (Å²) in [5.41, 5.74) is 8.14. The number of pyridine rings is 1. The molecule has 1 aliphatic heterocycles. The molecule has 2 aromatic rings. The highest BCUT2D eigenvalue weighted by molar-refractivity contribution is 5.81. The molecule has 2 N–H and O–H groups in total. The third-order valence-electron chi connectivity index (χ3n) is 4.24. The molecule has 112 valence electrons. The van der Waals surface area contributed by atoms with E-state index in [0.29, 0.717) is 0 Å². The van der Waals surface area contributed by atoms with Crippen molar-refractivity contribution in [3.8, 4) is 0 Å². The van der Waals surface area contributed by atoms with Crippen LogP contribution in [0, 0.1) is 0 Å². The van der Waals surface area contributed by atoms with Crippen LogP contribution >= 0.6 is 0 Å². The number of fused-ring (bicyclic) bond motifs is 1. The van der Waals surface area contributed by atoms with Crippen LogP contribution in [0.25, 0.3) is 10.9 Å². The van der Waals surface area contributed by atoms with Gasteiger partial charge < -0.3 is 10.6 Å². The zero-order valence-electron chi connectivity index (χ0n) is 12.5. The maximum Gasteiger partial charge on any atom is 0.0746 e. The fraction of sp³-hybridized carbons (Fsp3) is 0.471. The van der Waals surface area contributed by atoms with Crippen LogP contribution in [0.15, 0.2) is 36.5 Å². The Labute approximate surface area is 126 Å². The molecule has 1 aromatic carbocycles. The van der Waals surface area contributed by atoms with Crippen molar-refractivity contribution in [3.63, 3.8) is 0 Å². The van der Waals surface area contributed by atoms with Crippen LogP contribution in [0.3, 0.4) is 0 Å². The van der Waals surface area contributed by atoms with Crippen LogP contribution in [-0.2, 0) is 6.54 Å². The van der Waals surface area contributed by atoms with Crippen LogP contribution in [0.1, 0.15) is 12.0 Å². The van der Waals surface area contributed by atoms with Gasteiger partial charge in [0.1, 0.15) is 0 Å². The molecule has 0 saturated carbocycles. The highest BCUT2D eigenvalue weighted by Crippen LogP contribution is 2.18. The minimum atomic E-state index is 0.757. The van der Waals surface area contributed by atoms with Gasteiger partial charge >= 0.3 is 0 Å². The lowest BCUT2D eigenvalue weighted by Gasteiger charge is -2.21. The van der Waals surface area contributed by atoms with Gasteiger partial charge in [0.15, 0.2) is 0 Å². The van der Waals surface area contributed by atoms with Crippen molar-refractivity contribution < 1.29 is 0 Å². The first-order valence-corrected chi connectivity index (χ1v) is 7.84. The van der Waals surface area contributed by atoms with Crippen molar-refractivity contribution in [3.05, 3.63) is 42.1 Å². The summed E-state index contributed by atoms with van der Waals surface area (Å²) in [7, 11) is 0. The van der Waals surface area contributed by atoms with Gasteiger partial charge in [0.25, 0.3) is 0 Å². The van der Waals surface area contributed by atoms with Crippen molar-refractivity contribution in [1.82, 2.24) is 14.8 Å². The Balaban J connectivity index is 1.70. The molecule has 0 amide bonds. The van der Waals surface area contributed by atoms with Gasteiger partial charge in [0, 0.05) is 44.3 Å². The third kappa shape index (κ3) is 3.59. The summed E-state index contributed by atoms with van der Waals surface area (Å²) in [5.74, 6) is 0. The zero-order valence-corrected chi connectivity index (χ0v) is 12.5. The van der Waals surface area contributed by atoms with Crippen molar-refractivity contribution in [2.24, 2.45) is 5.73 Å². The van der Waals surface area contributed by atoms with E-state index in [1.165, 1.54) is 23.9 Å². The minimum Gasteiger partial charge on any atom is -0.329 e. The van der Waals surface area contributed by atoms with E-state index in [4.69, 9.17) is 5.73 Å². The summed E-state index contributed by atoms with van der Waals surface area (Å²) < 4.78 is 0. The summed E-state index contributed by atoms with van der Waals surface area (Å²) >= 11 is 0. The summed E-state index contributed by atoms with van der Waals surface area (Å²) in [5, 5.41) is 1.23. The molecule has 4 nitrogen and oxygen atoms in total. The SMILES string of the molecule is NCCN1CCCN(Cc2cccc3cccnc23)CC1. The number of aromatic nitrogens is 1. The van der Waals surface area contributed by atoms with Crippen molar-refractivity contribution >= 4 is 10.9 Å². The fourth-order valence-corrected chi connectivity index (χ4v) is 3.12. The van der Waals surface area contributed by atoms with Gasteiger partial charge in [-0.2, -0.15) is 0 Å². The molecular weight excluding hydrogens is 260 g/mol. The zero-order chi connectivity index (χ0) is 14.5. The predicted octanol–water partition coefficient (Wildman–Crippen LogP) is 1.70. The van der Waals surface area contributed by atoms with Crippen LogP contribution < -0.4 is 5.73 Å². The van der Waals surface area contributed by atoms with E-state index in [2.05, 4.69) is 39.0 Å². The number of rotatable bonds is 4. The van der Waals surface area contributed by atoms with Gasteiger partial charge in [0.2, 0.25) is 0 Å². The maximum absolute atomic E-state index is 5.67. The van der Waals surface area contributed by atoms with Gasteiger partial charge in [-0.25, -0.2) is 0 Å². The summed E-state index contributed by atoms with van der Waals surface area (Å²) in [6, 6.07) is 10.6. The minimum absolute atomic E-state index is 0.757. The fourth-order valence-electron chi connectivity index (χ4n) is 3.12. The second kappa shape index (κ2) is 6.98. The van der Waals surface area contributed by atoms with E-state index in [1.54, 1.807) is 0 Å². The monoisotopic (exact) mass is 284 g/mol. The molecule has 0 aliphatic carbocycles. The Morgan fingerprint density at radius 3 is 2.71 bits per heavy atom. The van der Waals surface area contributed by atoms with Crippen LogP contribution in [-0.4, -0.2) is 54.1 Å². The molecule has 21 heavy (non-hydrogen) atoms. The van der Waals surface area contributed by atoms with Gasteiger partial charge in [0.05, 0.1) is 5.52 Å². The van der Waals surface area contributed by atoms with Gasteiger partial charge in [-0.05, 0) is 31.1 Å². The molecule has 1 fully saturated rings. The molecule has 4 heteroatoms. The molecule has 0 bridgehead atoms. The Kier molecular flexibility index (Phi) is 4.80. The maximum atomic E-state index is 5.67. The molecule has 0 unspecified atom stereocenters. The topological polar surface area (TPSA) is 45.4 Å². The van der Waals surface area contributed by atoms with Crippen LogP contribution in [0.5, 0.6) is 0 Å². The first kappa shape index (κ1) is 14.4.